The first-order chi connectivity index (χ1) is 16.8. The van der Waals surface area contributed by atoms with Gasteiger partial charge in [-0.3, -0.25) is 5.10 Å². The van der Waals surface area contributed by atoms with Crippen molar-refractivity contribution in [1.29, 1.82) is 0 Å². The lowest BCUT2D eigenvalue weighted by molar-refractivity contribution is 0.452. The molecule has 7 nitrogen and oxygen atoms in total. The maximum Gasteiger partial charge on any atom is 0.183 e. The molecular formula is C27H25N7. The Morgan fingerprint density at radius 3 is 2.59 bits per heavy atom. The first-order valence-electron chi connectivity index (χ1n) is 11.6. The van der Waals surface area contributed by atoms with Crippen molar-refractivity contribution < 1.29 is 0 Å². The smallest absolute Gasteiger partial charge is 0.183 e. The summed E-state index contributed by atoms with van der Waals surface area (Å²) in [6, 6.07) is 27.3. The molecule has 7 heteroatoms. The van der Waals surface area contributed by atoms with E-state index in [4.69, 9.17) is 4.98 Å². The number of nitrogens with zero attached hydrogens (tertiary/aromatic N) is 5. The zero-order valence-electron chi connectivity index (χ0n) is 18.7. The van der Waals surface area contributed by atoms with Gasteiger partial charge in [-0.2, -0.15) is 10.2 Å². The normalized spacial score (nSPS) is 16.1. The van der Waals surface area contributed by atoms with E-state index in [9.17, 15) is 0 Å². The number of fused-ring (bicyclic) bond motifs is 1. The van der Waals surface area contributed by atoms with Crippen LogP contribution in [-0.4, -0.2) is 51.1 Å². The molecule has 34 heavy (non-hydrogen) atoms. The second-order valence-corrected chi connectivity index (χ2v) is 8.62. The molecule has 1 aliphatic rings. The highest BCUT2D eigenvalue weighted by atomic mass is 15.3. The van der Waals surface area contributed by atoms with Crippen LogP contribution in [0.3, 0.4) is 0 Å². The Kier molecular flexibility index (Phi) is 5.45. The average Bonchev–Trinajstić information content (AvgIpc) is 3.33. The number of piperazine rings is 1. The van der Waals surface area contributed by atoms with Crippen LogP contribution in [0.15, 0.2) is 85.1 Å². The predicted octanol–water partition coefficient (Wildman–Crippen LogP) is 4.10. The number of hydrogen-bond acceptors (Lipinski definition) is 6. The van der Waals surface area contributed by atoms with Gasteiger partial charge in [0, 0.05) is 42.2 Å². The lowest BCUT2D eigenvalue weighted by Gasteiger charge is -2.34. The second-order valence-electron chi connectivity index (χ2n) is 8.62. The van der Waals surface area contributed by atoms with Crippen molar-refractivity contribution in [3.05, 3.63) is 90.6 Å². The van der Waals surface area contributed by atoms with Crippen molar-refractivity contribution in [3.8, 4) is 22.6 Å². The van der Waals surface area contributed by atoms with Crippen LogP contribution in [0.1, 0.15) is 5.56 Å². The molecule has 5 aromatic rings. The minimum Gasteiger partial charge on any atom is -0.352 e. The number of nitrogens with one attached hydrogen (secondary N) is 2. The van der Waals surface area contributed by atoms with Gasteiger partial charge in [0.2, 0.25) is 0 Å². The number of aromatic nitrogens is 5. The molecule has 0 bridgehead atoms. The van der Waals surface area contributed by atoms with Crippen molar-refractivity contribution in [2.24, 2.45) is 0 Å². The molecule has 0 saturated carbocycles. The third kappa shape index (κ3) is 4.13. The Bertz CT molecular complexity index is 1400. The van der Waals surface area contributed by atoms with E-state index in [-0.39, 0.29) is 0 Å². The molecule has 2 aromatic heterocycles. The van der Waals surface area contributed by atoms with Crippen LogP contribution in [0.4, 0.5) is 5.82 Å². The van der Waals surface area contributed by atoms with Gasteiger partial charge in [-0.15, -0.1) is 5.10 Å². The van der Waals surface area contributed by atoms with E-state index in [1.54, 1.807) is 6.20 Å². The van der Waals surface area contributed by atoms with Crippen molar-refractivity contribution >= 4 is 16.7 Å². The molecule has 1 atom stereocenters. The molecule has 0 aliphatic carbocycles. The number of anilines is 1. The van der Waals surface area contributed by atoms with E-state index < -0.39 is 0 Å². The average molecular weight is 448 g/mol. The van der Waals surface area contributed by atoms with Gasteiger partial charge >= 0.3 is 0 Å². The SMILES string of the molecule is c1ccc(C[C@H]2CN(c3cnnc(-c4ccc5[nH]nc(-c6ccccc6)c5c4)n3)CCN2)cc1. The number of rotatable bonds is 5. The molecule has 3 heterocycles. The Hall–Kier alpha value is -4.10. The van der Waals surface area contributed by atoms with Gasteiger partial charge < -0.3 is 10.2 Å². The summed E-state index contributed by atoms with van der Waals surface area (Å²) in [7, 11) is 0. The predicted molar refractivity (Wildman–Crippen MR) is 135 cm³/mol. The molecule has 0 radical (unpaired) electrons. The van der Waals surface area contributed by atoms with E-state index in [0.29, 0.717) is 11.9 Å². The number of H-pyrrole nitrogens is 1. The third-order valence-corrected chi connectivity index (χ3v) is 6.32. The first kappa shape index (κ1) is 20.5. The minimum atomic E-state index is 0.366. The Balaban J connectivity index is 1.27. The molecule has 6 rings (SSSR count). The van der Waals surface area contributed by atoms with Crippen LogP contribution in [0.5, 0.6) is 0 Å². The molecule has 0 unspecified atom stereocenters. The number of benzene rings is 3. The maximum absolute atomic E-state index is 4.90. The quantitative estimate of drug-likeness (QED) is 0.422. The van der Waals surface area contributed by atoms with Crippen molar-refractivity contribution in [2.75, 3.05) is 24.5 Å². The van der Waals surface area contributed by atoms with Crippen LogP contribution >= 0.6 is 0 Å². The molecule has 3 aromatic carbocycles. The second kappa shape index (κ2) is 9.03. The highest BCUT2D eigenvalue weighted by Gasteiger charge is 2.21. The minimum absolute atomic E-state index is 0.366. The van der Waals surface area contributed by atoms with Crippen molar-refractivity contribution in [3.63, 3.8) is 0 Å². The van der Waals surface area contributed by atoms with Gasteiger partial charge in [0.1, 0.15) is 0 Å². The van der Waals surface area contributed by atoms with Crippen LogP contribution in [0.25, 0.3) is 33.5 Å². The standard InChI is InChI=1S/C27H25N7/c1-3-7-19(8-4-1)15-22-18-34(14-13-28-22)25-17-29-33-27(30-25)21-11-12-24-23(16-21)26(32-31-24)20-9-5-2-6-10-20/h1-12,16-17,22,28H,13-15,18H2,(H,31,32)/t22-/m0/s1. The zero-order valence-corrected chi connectivity index (χ0v) is 18.7. The van der Waals surface area contributed by atoms with Gasteiger partial charge in [0.05, 0.1) is 17.4 Å². The molecule has 0 spiro atoms. The summed E-state index contributed by atoms with van der Waals surface area (Å²) in [6.45, 7) is 2.69. The first-order valence-corrected chi connectivity index (χ1v) is 11.6. The van der Waals surface area contributed by atoms with Gasteiger partial charge in [0.15, 0.2) is 11.6 Å². The van der Waals surface area contributed by atoms with Gasteiger partial charge in [-0.25, -0.2) is 4.98 Å². The molecular weight excluding hydrogens is 422 g/mol. The van der Waals surface area contributed by atoms with Crippen LogP contribution in [0.2, 0.25) is 0 Å². The summed E-state index contributed by atoms with van der Waals surface area (Å²) >= 11 is 0. The van der Waals surface area contributed by atoms with E-state index in [1.807, 2.05) is 30.3 Å². The van der Waals surface area contributed by atoms with E-state index in [2.05, 4.69) is 79.1 Å². The molecule has 0 amide bonds. The molecule has 1 fully saturated rings. The summed E-state index contributed by atoms with van der Waals surface area (Å²) < 4.78 is 0. The summed E-state index contributed by atoms with van der Waals surface area (Å²) in [5.74, 6) is 1.48. The Morgan fingerprint density at radius 2 is 1.74 bits per heavy atom. The summed E-state index contributed by atoms with van der Waals surface area (Å²) in [6.07, 6.45) is 2.75. The molecule has 1 aliphatic heterocycles. The van der Waals surface area contributed by atoms with E-state index >= 15 is 0 Å². The lowest BCUT2D eigenvalue weighted by Crippen LogP contribution is -2.52. The fraction of sp³-hybridized carbons (Fsp3) is 0.185. The van der Waals surface area contributed by atoms with Crippen LogP contribution in [-0.2, 0) is 6.42 Å². The van der Waals surface area contributed by atoms with Crippen LogP contribution in [0, 0.1) is 0 Å². The van der Waals surface area contributed by atoms with Gasteiger partial charge in [-0.05, 0) is 30.2 Å². The summed E-state index contributed by atoms with van der Waals surface area (Å²) in [4.78, 5) is 7.20. The molecule has 168 valence electrons. The summed E-state index contributed by atoms with van der Waals surface area (Å²) in [5, 5.41) is 21.0. The lowest BCUT2D eigenvalue weighted by atomic mass is 10.0. The topological polar surface area (TPSA) is 82.6 Å². The number of aromatic amines is 1. The maximum atomic E-state index is 4.90. The fourth-order valence-corrected chi connectivity index (χ4v) is 4.61. The zero-order chi connectivity index (χ0) is 22.7. The van der Waals surface area contributed by atoms with E-state index in [1.165, 1.54) is 5.56 Å². The highest BCUT2D eigenvalue weighted by Crippen LogP contribution is 2.29. The van der Waals surface area contributed by atoms with Crippen LogP contribution < -0.4 is 10.2 Å². The highest BCUT2D eigenvalue weighted by molar-refractivity contribution is 5.95. The van der Waals surface area contributed by atoms with Gasteiger partial charge in [-0.1, -0.05) is 60.7 Å². The monoisotopic (exact) mass is 447 g/mol. The third-order valence-electron chi connectivity index (χ3n) is 6.32. The fourth-order valence-electron chi connectivity index (χ4n) is 4.61. The Morgan fingerprint density at radius 1 is 0.912 bits per heavy atom. The Labute approximate surface area is 197 Å². The number of hydrogen-bond donors (Lipinski definition) is 2. The van der Waals surface area contributed by atoms with E-state index in [0.717, 1.165) is 59.6 Å². The largest absolute Gasteiger partial charge is 0.352 e. The summed E-state index contributed by atoms with van der Waals surface area (Å²) in [5.41, 5.74) is 5.25. The van der Waals surface area contributed by atoms with Crippen molar-refractivity contribution in [2.45, 2.75) is 12.5 Å². The molecule has 2 N–H and O–H groups in total. The van der Waals surface area contributed by atoms with Crippen molar-refractivity contribution in [1.82, 2.24) is 30.7 Å². The molecule has 1 saturated heterocycles. The van der Waals surface area contributed by atoms with Gasteiger partial charge in [0.25, 0.3) is 0 Å².